The van der Waals surface area contributed by atoms with Gasteiger partial charge in [0.2, 0.25) is 5.91 Å². The first-order valence-corrected chi connectivity index (χ1v) is 7.26. The molecule has 0 unspecified atom stereocenters. The number of benzene rings is 1. The Kier molecular flexibility index (Phi) is 5.73. The van der Waals surface area contributed by atoms with Gasteiger partial charge in [-0.15, -0.1) is 0 Å². The molecule has 0 aliphatic carbocycles. The van der Waals surface area contributed by atoms with Gasteiger partial charge in [0.1, 0.15) is 0 Å². The van der Waals surface area contributed by atoms with Crippen LogP contribution in [-0.4, -0.2) is 43.7 Å². The van der Waals surface area contributed by atoms with Crippen molar-refractivity contribution < 1.29 is 9.53 Å². The Morgan fingerprint density at radius 3 is 2.62 bits per heavy atom. The highest BCUT2D eigenvalue weighted by molar-refractivity contribution is 5.90. The van der Waals surface area contributed by atoms with E-state index in [1.807, 2.05) is 0 Å². The van der Waals surface area contributed by atoms with E-state index < -0.39 is 0 Å². The molecule has 112 valence electrons. The van der Waals surface area contributed by atoms with Crippen LogP contribution < -0.4 is 5.32 Å². The van der Waals surface area contributed by atoms with Gasteiger partial charge in [-0.2, -0.15) is 5.26 Å². The Balaban J connectivity index is 1.71. The first-order chi connectivity index (χ1) is 10.2. The molecule has 1 fully saturated rings. The van der Waals surface area contributed by atoms with Gasteiger partial charge >= 0.3 is 0 Å². The zero-order valence-electron chi connectivity index (χ0n) is 12.3. The maximum Gasteiger partial charge on any atom is 0.225 e. The number of hydrogen-bond acceptors (Lipinski definition) is 4. The van der Waals surface area contributed by atoms with Crippen LogP contribution in [0.1, 0.15) is 24.8 Å². The lowest BCUT2D eigenvalue weighted by molar-refractivity contribution is -0.116. The predicted octanol–water partition coefficient (Wildman–Crippen LogP) is 2.00. The zero-order chi connectivity index (χ0) is 15.1. The van der Waals surface area contributed by atoms with Crippen LogP contribution in [0.25, 0.3) is 0 Å². The third kappa shape index (κ3) is 4.85. The fourth-order valence-corrected chi connectivity index (χ4v) is 2.48. The number of methoxy groups -OCH3 is 1. The van der Waals surface area contributed by atoms with Gasteiger partial charge in [-0.05, 0) is 37.1 Å². The Morgan fingerprint density at radius 2 is 2.05 bits per heavy atom. The van der Waals surface area contributed by atoms with Crippen molar-refractivity contribution in [3.8, 4) is 6.07 Å². The molecule has 1 aromatic rings. The average Bonchev–Trinajstić information content (AvgIpc) is 2.54. The van der Waals surface area contributed by atoms with E-state index in [0.717, 1.165) is 38.2 Å². The Bertz CT molecular complexity index is 499. The van der Waals surface area contributed by atoms with Crippen molar-refractivity contribution in [2.75, 3.05) is 32.1 Å². The first kappa shape index (κ1) is 15.5. The molecule has 0 saturated carbocycles. The highest BCUT2D eigenvalue weighted by Crippen LogP contribution is 2.13. The van der Waals surface area contributed by atoms with Gasteiger partial charge in [0, 0.05) is 38.9 Å². The molecule has 1 aromatic carbocycles. The first-order valence-electron chi connectivity index (χ1n) is 7.26. The lowest BCUT2D eigenvalue weighted by atomic mass is 10.1. The van der Waals surface area contributed by atoms with Crippen molar-refractivity contribution in [3.05, 3.63) is 29.8 Å². The van der Waals surface area contributed by atoms with Gasteiger partial charge in [-0.25, -0.2) is 0 Å². The van der Waals surface area contributed by atoms with Gasteiger partial charge < -0.3 is 15.0 Å². The fraction of sp³-hybridized carbons (Fsp3) is 0.500. The minimum absolute atomic E-state index is 0.00794. The average molecular weight is 287 g/mol. The maximum absolute atomic E-state index is 11.9. The summed E-state index contributed by atoms with van der Waals surface area (Å²) in [4.78, 5) is 14.2. The van der Waals surface area contributed by atoms with Crippen molar-refractivity contribution in [1.82, 2.24) is 4.90 Å². The molecule has 1 saturated heterocycles. The summed E-state index contributed by atoms with van der Waals surface area (Å²) in [5.74, 6) is 0.00794. The molecule has 1 N–H and O–H groups in total. The fourth-order valence-electron chi connectivity index (χ4n) is 2.48. The monoisotopic (exact) mass is 287 g/mol. The molecule has 1 amide bonds. The van der Waals surface area contributed by atoms with Crippen LogP contribution in [0.15, 0.2) is 24.3 Å². The number of nitrogens with one attached hydrogen (secondary N) is 1. The second-order valence-corrected chi connectivity index (χ2v) is 5.26. The molecule has 1 aliphatic heterocycles. The number of hydrogen-bond donors (Lipinski definition) is 1. The number of nitriles is 1. The number of carbonyl (C=O) groups excluding carboxylic acids is 1. The Labute approximate surface area is 125 Å². The number of ether oxygens (including phenoxy) is 1. The molecule has 21 heavy (non-hydrogen) atoms. The van der Waals surface area contributed by atoms with Gasteiger partial charge in [0.15, 0.2) is 0 Å². The van der Waals surface area contributed by atoms with E-state index in [2.05, 4.69) is 16.3 Å². The molecular formula is C16H21N3O2. The van der Waals surface area contributed by atoms with Crippen LogP contribution in [0.3, 0.4) is 0 Å². The molecular weight excluding hydrogens is 266 g/mol. The van der Waals surface area contributed by atoms with Crippen molar-refractivity contribution in [2.45, 2.75) is 25.4 Å². The minimum Gasteiger partial charge on any atom is -0.381 e. The van der Waals surface area contributed by atoms with Crippen LogP contribution in [-0.2, 0) is 9.53 Å². The van der Waals surface area contributed by atoms with E-state index in [4.69, 9.17) is 10.00 Å². The third-order valence-corrected chi connectivity index (χ3v) is 3.82. The Hall–Kier alpha value is -1.90. The molecule has 0 radical (unpaired) electrons. The molecule has 1 heterocycles. The van der Waals surface area contributed by atoms with Crippen molar-refractivity contribution >= 4 is 11.6 Å². The number of likely N-dealkylation sites (tertiary alicyclic amines) is 1. The number of amides is 1. The van der Waals surface area contributed by atoms with Crippen molar-refractivity contribution in [1.29, 1.82) is 5.26 Å². The van der Waals surface area contributed by atoms with E-state index in [1.54, 1.807) is 31.4 Å². The largest absolute Gasteiger partial charge is 0.381 e. The molecule has 1 aliphatic rings. The second-order valence-electron chi connectivity index (χ2n) is 5.26. The normalized spacial score (nSPS) is 16.4. The van der Waals surface area contributed by atoms with E-state index in [-0.39, 0.29) is 5.91 Å². The smallest absolute Gasteiger partial charge is 0.225 e. The number of rotatable bonds is 5. The SMILES string of the molecule is COC1CCN(CCC(=O)Nc2ccc(C#N)cc2)CC1. The molecule has 0 bridgehead atoms. The molecule has 5 heteroatoms. The van der Waals surface area contributed by atoms with E-state index >= 15 is 0 Å². The maximum atomic E-state index is 11.9. The lowest BCUT2D eigenvalue weighted by Crippen LogP contribution is -2.38. The van der Waals surface area contributed by atoms with Crippen molar-refractivity contribution in [3.63, 3.8) is 0 Å². The summed E-state index contributed by atoms with van der Waals surface area (Å²) >= 11 is 0. The summed E-state index contributed by atoms with van der Waals surface area (Å²) in [6.07, 6.45) is 2.92. The highest BCUT2D eigenvalue weighted by Gasteiger charge is 2.18. The second kappa shape index (κ2) is 7.77. The predicted molar refractivity (Wildman–Crippen MR) is 80.9 cm³/mol. The van der Waals surface area contributed by atoms with E-state index in [0.29, 0.717) is 18.1 Å². The number of nitrogens with zero attached hydrogens (tertiary/aromatic N) is 2. The minimum atomic E-state index is 0.00794. The highest BCUT2D eigenvalue weighted by atomic mass is 16.5. The molecule has 0 atom stereocenters. The molecule has 2 rings (SSSR count). The standard InChI is InChI=1S/C16H21N3O2/c1-21-15-6-9-19(10-7-15)11-8-16(20)18-14-4-2-13(12-17)3-5-14/h2-5,15H,6-11H2,1H3,(H,18,20). The summed E-state index contributed by atoms with van der Waals surface area (Å²) < 4.78 is 5.33. The van der Waals surface area contributed by atoms with Crippen LogP contribution in [0.5, 0.6) is 0 Å². The van der Waals surface area contributed by atoms with Gasteiger partial charge in [-0.1, -0.05) is 0 Å². The summed E-state index contributed by atoms with van der Waals surface area (Å²) in [7, 11) is 1.76. The van der Waals surface area contributed by atoms with Gasteiger partial charge in [0.25, 0.3) is 0 Å². The summed E-state index contributed by atoms with van der Waals surface area (Å²) in [6, 6.07) is 8.95. The van der Waals surface area contributed by atoms with Crippen LogP contribution in [0.4, 0.5) is 5.69 Å². The molecule has 0 aromatic heterocycles. The lowest BCUT2D eigenvalue weighted by Gasteiger charge is -2.30. The van der Waals surface area contributed by atoms with E-state index in [1.165, 1.54) is 0 Å². The topological polar surface area (TPSA) is 65.4 Å². The summed E-state index contributed by atoms with van der Waals surface area (Å²) in [5.41, 5.74) is 1.33. The van der Waals surface area contributed by atoms with Gasteiger partial charge in [0.05, 0.1) is 17.7 Å². The number of anilines is 1. The van der Waals surface area contributed by atoms with E-state index in [9.17, 15) is 4.79 Å². The summed E-state index contributed by atoms with van der Waals surface area (Å²) in [5, 5.41) is 11.6. The van der Waals surface area contributed by atoms with Crippen LogP contribution in [0.2, 0.25) is 0 Å². The van der Waals surface area contributed by atoms with Crippen LogP contribution >= 0.6 is 0 Å². The number of piperidine rings is 1. The number of carbonyl (C=O) groups is 1. The summed E-state index contributed by atoms with van der Waals surface area (Å²) in [6.45, 7) is 2.75. The molecule has 0 spiro atoms. The van der Waals surface area contributed by atoms with Crippen molar-refractivity contribution in [2.24, 2.45) is 0 Å². The third-order valence-electron chi connectivity index (χ3n) is 3.82. The quantitative estimate of drug-likeness (QED) is 0.899. The Morgan fingerprint density at radius 1 is 1.38 bits per heavy atom. The molecule has 5 nitrogen and oxygen atoms in total. The zero-order valence-corrected chi connectivity index (χ0v) is 12.3. The van der Waals surface area contributed by atoms with Crippen LogP contribution in [0, 0.1) is 11.3 Å². The van der Waals surface area contributed by atoms with Gasteiger partial charge in [-0.3, -0.25) is 4.79 Å².